The predicted octanol–water partition coefficient (Wildman–Crippen LogP) is 4.71. The van der Waals surface area contributed by atoms with Crippen LogP contribution in [0.1, 0.15) is 51.1 Å². The van der Waals surface area contributed by atoms with Gasteiger partial charge in [-0.15, -0.1) is 0 Å². The summed E-state index contributed by atoms with van der Waals surface area (Å²) in [7, 11) is 0. The van der Waals surface area contributed by atoms with E-state index in [0.717, 1.165) is 19.4 Å². The van der Waals surface area contributed by atoms with Crippen LogP contribution in [-0.2, 0) is 0 Å². The van der Waals surface area contributed by atoms with Gasteiger partial charge in [0.25, 0.3) is 0 Å². The summed E-state index contributed by atoms with van der Waals surface area (Å²) in [6, 6.07) is 4.85. The minimum atomic E-state index is -0.170. The molecular weight excluding hydrogens is 237 g/mol. The summed E-state index contributed by atoms with van der Waals surface area (Å²) < 4.78 is 13.8. The molecule has 1 atom stereocenters. The molecule has 0 aromatic heterocycles. The summed E-state index contributed by atoms with van der Waals surface area (Å²) in [6.45, 7) is 5.04. The highest BCUT2D eigenvalue weighted by molar-refractivity contribution is 6.30. The average molecular weight is 258 g/mol. The van der Waals surface area contributed by atoms with E-state index < -0.39 is 0 Å². The zero-order chi connectivity index (χ0) is 12.7. The van der Waals surface area contributed by atoms with E-state index in [0.29, 0.717) is 10.6 Å². The van der Waals surface area contributed by atoms with Crippen molar-refractivity contribution in [2.45, 2.75) is 45.6 Å². The first-order valence-electron chi connectivity index (χ1n) is 6.37. The molecule has 1 aromatic rings. The molecule has 0 aliphatic carbocycles. The molecule has 1 nitrogen and oxygen atoms in total. The second-order valence-electron chi connectivity index (χ2n) is 4.27. The highest BCUT2D eigenvalue weighted by Crippen LogP contribution is 2.25. The lowest BCUT2D eigenvalue weighted by atomic mass is 10.00. The standard InChI is InChI=1S/C14H21ClFN/c1-3-5-6-7-14(17-4-2)12-10-11(15)8-9-13(12)16/h8-10,14,17H,3-7H2,1-2H3. The van der Waals surface area contributed by atoms with Gasteiger partial charge in [-0.1, -0.05) is 44.7 Å². The number of rotatable bonds is 7. The minimum Gasteiger partial charge on any atom is -0.310 e. The highest BCUT2D eigenvalue weighted by atomic mass is 35.5. The van der Waals surface area contributed by atoms with Gasteiger partial charge >= 0.3 is 0 Å². The zero-order valence-corrected chi connectivity index (χ0v) is 11.4. The Labute approximate surface area is 108 Å². The monoisotopic (exact) mass is 257 g/mol. The molecule has 0 heterocycles. The van der Waals surface area contributed by atoms with E-state index in [1.807, 2.05) is 6.92 Å². The second-order valence-corrected chi connectivity index (χ2v) is 4.71. The minimum absolute atomic E-state index is 0.0743. The van der Waals surface area contributed by atoms with Crippen molar-refractivity contribution in [3.63, 3.8) is 0 Å². The average Bonchev–Trinajstić information content (AvgIpc) is 2.32. The molecule has 17 heavy (non-hydrogen) atoms. The summed E-state index contributed by atoms with van der Waals surface area (Å²) in [6.07, 6.45) is 4.43. The maximum absolute atomic E-state index is 13.8. The van der Waals surface area contributed by atoms with E-state index >= 15 is 0 Å². The van der Waals surface area contributed by atoms with E-state index in [4.69, 9.17) is 11.6 Å². The third kappa shape index (κ3) is 4.64. The molecule has 0 amide bonds. The number of hydrogen-bond acceptors (Lipinski definition) is 1. The van der Waals surface area contributed by atoms with Crippen molar-refractivity contribution in [1.82, 2.24) is 5.32 Å². The molecule has 0 bridgehead atoms. The molecule has 0 aliphatic heterocycles. The van der Waals surface area contributed by atoms with Crippen LogP contribution >= 0.6 is 11.6 Å². The Morgan fingerprint density at radius 2 is 2.06 bits per heavy atom. The molecular formula is C14H21ClFN. The third-order valence-corrected chi connectivity index (χ3v) is 3.12. The van der Waals surface area contributed by atoms with Gasteiger partial charge in [0.2, 0.25) is 0 Å². The van der Waals surface area contributed by atoms with Crippen LogP contribution in [0, 0.1) is 5.82 Å². The molecule has 1 aromatic carbocycles. The lowest BCUT2D eigenvalue weighted by Crippen LogP contribution is -2.21. The van der Waals surface area contributed by atoms with Crippen molar-refractivity contribution in [3.05, 3.63) is 34.6 Å². The topological polar surface area (TPSA) is 12.0 Å². The molecule has 0 saturated carbocycles. The van der Waals surface area contributed by atoms with Crippen LogP contribution in [0.5, 0.6) is 0 Å². The molecule has 96 valence electrons. The fourth-order valence-corrected chi connectivity index (χ4v) is 2.17. The van der Waals surface area contributed by atoms with Gasteiger partial charge in [0.15, 0.2) is 0 Å². The zero-order valence-electron chi connectivity index (χ0n) is 10.6. The Hall–Kier alpha value is -0.600. The van der Waals surface area contributed by atoms with Crippen molar-refractivity contribution >= 4 is 11.6 Å². The molecule has 3 heteroatoms. The summed E-state index contributed by atoms with van der Waals surface area (Å²) >= 11 is 5.93. The summed E-state index contributed by atoms with van der Waals surface area (Å²) in [5.41, 5.74) is 0.690. The quantitative estimate of drug-likeness (QED) is 0.698. The molecule has 0 aliphatic rings. The number of unbranched alkanes of at least 4 members (excludes halogenated alkanes) is 2. The van der Waals surface area contributed by atoms with E-state index in [1.165, 1.54) is 18.9 Å². The maximum atomic E-state index is 13.8. The number of halogens is 2. The smallest absolute Gasteiger partial charge is 0.128 e. The first-order chi connectivity index (χ1) is 8.19. The van der Waals surface area contributed by atoms with E-state index in [-0.39, 0.29) is 11.9 Å². The van der Waals surface area contributed by atoms with Crippen molar-refractivity contribution in [3.8, 4) is 0 Å². The first kappa shape index (κ1) is 14.5. The Morgan fingerprint density at radius 3 is 2.71 bits per heavy atom. The van der Waals surface area contributed by atoms with Crippen LogP contribution in [-0.4, -0.2) is 6.54 Å². The fraction of sp³-hybridized carbons (Fsp3) is 0.571. The van der Waals surface area contributed by atoms with Crippen molar-refractivity contribution in [2.24, 2.45) is 0 Å². The van der Waals surface area contributed by atoms with Crippen LogP contribution in [0.25, 0.3) is 0 Å². The van der Waals surface area contributed by atoms with E-state index in [9.17, 15) is 4.39 Å². The lowest BCUT2D eigenvalue weighted by Gasteiger charge is -2.19. The van der Waals surface area contributed by atoms with Crippen LogP contribution in [0.15, 0.2) is 18.2 Å². The van der Waals surface area contributed by atoms with Crippen molar-refractivity contribution in [1.29, 1.82) is 0 Å². The lowest BCUT2D eigenvalue weighted by molar-refractivity contribution is 0.464. The van der Waals surface area contributed by atoms with Crippen LogP contribution in [0.4, 0.5) is 4.39 Å². The molecule has 0 saturated heterocycles. The van der Waals surface area contributed by atoms with Gasteiger partial charge in [0.1, 0.15) is 5.82 Å². The highest BCUT2D eigenvalue weighted by Gasteiger charge is 2.14. The molecule has 1 unspecified atom stereocenters. The molecule has 0 radical (unpaired) electrons. The Kier molecular flexibility index (Phi) is 6.53. The largest absolute Gasteiger partial charge is 0.310 e. The van der Waals surface area contributed by atoms with E-state index in [1.54, 1.807) is 12.1 Å². The summed E-state index contributed by atoms with van der Waals surface area (Å²) in [5.74, 6) is -0.170. The van der Waals surface area contributed by atoms with Gasteiger partial charge < -0.3 is 5.32 Å². The van der Waals surface area contributed by atoms with Crippen LogP contribution in [0.3, 0.4) is 0 Å². The van der Waals surface area contributed by atoms with Crippen molar-refractivity contribution in [2.75, 3.05) is 6.54 Å². The Morgan fingerprint density at radius 1 is 1.29 bits per heavy atom. The normalized spacial score (nSPS) is 12.7. The predicted molar refractivity (Wildman–Crippen MR) is 72.0 cm³/mol. The summed E-state index contributed by atoms with van der Waals surface area (Å²) in [5, 5.41) is 3.92. The van der Waals surface area contributed by atoms with Crippen molar-refractivity contribution < 1.29 is 4.39 Å². The van der Waals surface area contributed by atoms with Crippen LogP contribution in [0.2, 0.25) is 5.02 Å². The second kappa shape index (κ2) is 7.67. The van der Waals surface area contributed by atoms with Gasteiger partial charge in [-0.25, -0.2) is 4.39 Å². The molecule has 0 fully saturated rings. The number of hydrogen-bond donors (Lipinski definition) is 1. The van der Waals surface area contributed by atoms with Crippen LogP contribution < -0.4 is 5.32 Å². The van der Waals surface area contributed by atoms with Gasteiger partial charge in [-0.05, 0) is 31.2 Å². The molecule has 1 rings (SSSR count). The summed E-state index contributed by atoms with van der Waals surface area (Å²) in [4.78, 5) is 0. The maximum Gasteiger partial charge on any atom is 0.128 e. The fourth-order valence-electron chi connectivity index (χ4n) is 1.99. The van der Waals surface area contributed by atoms with Gasteiger partial charge in [-0.3, -0.25) is 0 Å². The van der Waals surface area contributed by atoms with Gasteiger partial charge in [0, 0.05) is 16.6 Å². The molecule has 1 N–H and O–H groups in total. The van der Waals surface area contributed by atoms with Gasteiger partial charge in [-0.2, -0.15) is 0 Å². The number of benzene rings is 1. The molecule has 0 spiro atoms. The Balaban J connectivity index is 2.77. The van der Waals surface area contributed by atoms with Gasteiger partial charge in [0.05, 0.1) is 0 Å². The number of nitrogens with one attached hydrogen (secondary N) is 1. The third-order valence-electron chi connectivity index (χ3n) is 2.88. The van der Waals surface area contributed by atoms with E-state index in [2.05, 4.69) is 12.2 Å². The first-order valence-corrected chi connectivity index (χ1v) is 6.75. The Bertz CT molecular complexity index is 341. The SMILES string of the molecule is CCCCCC(NCC)c1cc(Cl)ccc1F.